The average molecular weight is 375 g/mol. The maximum atomic E-state index is 12.5. The molecule has 1 saturated heterocycles. The van der Waals surface area contributed by atoms with Crippen LogP contribution in [0.15, 0.2) is 47.6 Å². The van der Waals surface area contributed by atoms with Crippen LogP contribution in [-0.4, -0.2) is 37.4 Å². The van der Waals surface area contributed by atoms with Gasteiger partial charge < -0.3 is 10.2 Å². The summed E-state index contributed by atoms with van der Waals surface area (Å²) in [6.07, 6.45) is 5.10. The van der Waals surface area contributed by atoms with Gasteiger partial charge in [-0.05, 0) is 36.6 Å². The molecule has 0 spiro atoms. The minimum atomic E-state index is -3.71. The van der Waals surface area contributed by atoms with E-state index < -0.39 is 10.0 Å². The summed E-state index contributed by atoms with van der Waals surface area (Å²) < 4.78 is 22.5. The number of primary sulfonamides is 1. The Bertz CT molecular complexity index is 856. The lowest BCUT2D eigenvalue weighted by Crippen LogP contribution is -2.43. The third-order valence-corrected chi connectivity index (χ3v) is 5.28. The van der Waals surface area contributed by atoms with Gasteiger partial charge in [0.15, 0.2) is 0 Å². The van der Waals surface area contributed by atoms with Gasteiger partial charge in [0.05, 0.1) is 10.8 Å². The van der Waals surface area contributed by atoms with Crippen LogP contribution in [0, 0.1) is 5.92 Å². The molecule has 0 bridgehead atoms. The fourth-order valence-corrected chi connectivity index (χ4v) is 3.47. The predicted molar refractivity (Wildman–Crippen MR) is 96.6 cm³/mol. The molecule has 8 nitrogen and oxygen atoms in total. The quantitative estimate of drug-likeness (QED) is 0.792. The van der Waals surface area contributed by atoms with Gasteiger partial charge in [0.2, 0.25) is 21.9 Å². The standard InChI is InChI=1S/C17H21N5O3S/c18-26(24,25)15-6-4-13(5-7-15)11-21-16(23)14-3-1-10-22(12-14)17-19-8-2-9-20-17/h2,4-9,14H,1,3,10-12H2,(H,21,23)(H2,18,24,25)/t14-/m1/s1. The molecular weight excluding hydrogens is 354 g/mol. The molecule has 2 aromatic rings. The highest BCUT2D eigenvalue weighted by Crippen LogP contribution is 2.20. The van der Waals surface area contributed by atoms with Gasteiger partial charge in [-0.15, -0.1) is 0 Å². The zero-order chi connectivity index (χ0) is 18.6. The number of benzene rings is 1. The van der Waals surface area contributed by atoms with Crippen molar-refractivity contribution in [3.63, 3.8) is 0 Å². The van der Waals surface area contributed by atoms with Gasteiger partial charge in [-0.2, -0.15) is 0 Å². The Morgan fingerprint density at radius 1 is 1.23 bits per heavy atom. The number of rotatable bonds is 5. The predicted octanol–water partition coefficient (Wildman–Crippen LogP) is 0.657. The fraction of sp³-hybridized carbons (Fsp3) is 0.353. The van der Waals surface area contributed by atoms with Crippen molar-refractivity contribution in [1.82, 2.24) is 15.3 Å². The van der Waals surface area contributed by atoms with Gasteiger partial charge >= 0.3 is 0 Å². The van der Waals surface area contributed by atoms with Gasteiger partial charge in [-0.3, -0.25) is 4.79 Å². The second-order valence-electron chi connectivity index (χ2n) is 6.24. The van der Waals surface area contributed by atoms with E-state index in [1.54, 1.807) is 30.6 Å². The molecule has 138 valence electrons. The Balaban J connectivity index is 1.56. The van der Waals surface area contributed by atoms with Crippen molar-refractivity contribution in [2.24, 2.45) is 11.1 Å². The third-order valence-electron chi connectivity index (χ3n) is 4.35. The van der Waals surface area contributed by atoms with E-state index in [-0.39, 0.29) is 16.7 Å². The topological polar surface area (TPSA) is 118 Å². The molecule has 0 radical (unpaired) electrons. The largest absolute Gasteiger partial charge is 0.352 e. The second kappa shape index (κ2) is 7.79. The van der Waals surface area contributed by atoms with E-state index in [2.05, 4.69) is 15.3 Å². The van der Waals surface area contributed by atoms with Crippen LogP contribution >= 0.6 is 0 Å². The highest BCUT2D eigenvalue weighted by molar-refractivity contribution is 7.89. The van der Waals surface area contributed by atoms with Crippen LogP contribution in [0.25, 0.3) is 0 Å². The lowest BCUT2D eigenvalue weighted by atomic mass is 9.97. The summed E-state index contributed by atoms with van der Waals surface area (Å²) in [5.41, 5.74) is 0.810. The number of nitrogens with two attached hydrogens (primary N) is 1. The number of hydrogen-bond acceptors (Lipinski definition) is 6. The van der Waals surface area contributed by atoms with Crippen LogP contribution in [0.5, 0.6) is 0 Å². The van der Waals surface area contributed by atoms with Gasteiger partial charge in [-0.25, -0.2) is 23.5 Å². The maximum absolute atomic E-state index is 12.5. The van der Waals surface area contributed by atoms with Gasteiger partial charge in [0.25, 0.3) is 0 Å². The maximum Gasteiger partial charge on any atom is 0.238 e. The molecule has 1 aromatic heterocycles. The monoisotopic (exact) mass is 375 g/mol. The number of nitrogens with one attached hydrogen (secondary N) is 1. The van der Waals surface area contributed by atoms with E-state index in [4.69, 9.17) is 5.14 Å². The molecule has 0 aliphatic carbocycles. The first-order valence-electron chi connectivity index (χ1n) is 8.35. The number of piperidine rings is 1. The van der Waals surface area contributed by atoms with Gasteiger partial charge in [0.1, 0.15) is 0 Å². The average Bonchev–Trinajstić information content (AvgIpc) is 2.66. The van der Waals surface area contributed by atoms with Crippen molar-refractivity contribution in [1.29, 1.82) is 0 Å². The van der Waals surface area contributed by atoms with Crippen LogP contribution in [0.1, 0.15) is 18.4 Å². The van der Waals surface area contributed by atoms with E-state index in [1.807, 2.05) is 4.90 Å². The number of hydrogen-bond donors (Lipinski definition) is 2. The number of anilines is 1. The number of nitrogens with zero attached hydrogens (tertiary/aromatic N) is 3. The SMILES string of the molecule is NS(=O)(=O)c1ccc(CNC(=O)[C@@H]2CCCN(c3ncccn3)C2)cc1. The van der Waals surface area contributed by atoms with Crippen LogP contribution in [-0.2, 0) is 21.4 Å². The summed E-state index contributed by atoms with van der Waals surface area (Å²) in [4.78, 5) is 23.0. The van der Waals surface area contributed by atoms with Crippen molar-refractivity contribution >= 4 is 21.9 Å². The summed E-state index contributed by atoms with van der Waals surface area (Å²) in [5.74, 6) is 0.487. The van der Waals surface area contributed by atoms with Gasteiger partial charge in [-0.1, -0.05) is 12.1 Å². The molecule has 0 saturated carbocycles. The summed E-state index contributed by atoms with van der Waals surface area (Å²) in [6.45, 7) is 1.76. The van der Waals surface area contributed by atoms with Crippen molar-refractivity contribution in [3.05, 3.63) is 48.3 Å². The van der Waals surface area contributed by atoms with Gasteiger partial charge in [0, 0.05) is 32.0 Å². The molecule has 3 rings (SSSR count). The van der Waals surface area contributed by atoms with Crippen molar-refractivity contribution in [2.45, 2.75) is 24.3 Å². The van der Waals surface area contributed by atoms with Crippen LogP contribution < -0.4 is 15.4 Å². The molecule has 1 amide bonds. The first kappa shape index (κ1) is 18.3. The molecule has 0 unspecified atom stereocenters. The van der Waals surface area contributed by atoms with E-state index in [0.29, 0.717) is 19.0 Å². The minimum Gasteiger partial charge on any atom is -0.352 e. The highest BCUT2D eigenvalue weighted by Gasteiger charge is 2.26. The molecule has 1 aliphatic rings. The Hall–Kier alpha value is -2.52. The zero-order valence-corrected chi connectivity index (χ0v) is 15.0. The van der Waals surface area contributed by atoms with Crippen LogP contribution in [0.4, 0.5) is 5.95 Å². The summed E-state index contributed by atoms with van der Waals surface area (Å²) >= 11 is 0. The Labute approximate surface area is 152 Å². The molecule has 26 heavy (non-hydrogen) atoms. The van der Waals surface area contributed by atoms with Crippen molar-refractivity contribution in [2.75, 3.05) is 18.0 Å². The van der Waals surface area contributed by atoms with Crippen molar-refractivity contribution < 1.29 is 13.2 Å². The number of amides is 1. The first-order chi connectivity index (χ1) is 12.4. The Morgan fingerprint density at radius 3 is 2.58 bits per heavy atom. The molecule has 1 atom stereocenters. The van der Waals surface area contributed by atoms with E-state index >= 15 is 0 Å². The molecule has 3 N–H and O–H groups in total. The van der Waals surface area contributed by atoms with E-state index in [9.17, 15) is 13.2 Å². The lowest BCUT2D eigenvalue weighted by molar-refractivity contribution is -0.125. The van der Waals surface area contributed by atoms with Crippen LogP contribution in [0.3, 0.4) is 0 Å². The molecule has 2 heterocycles. The second-order valence-corrected chi connectivity index (χ2v) is 7.80. The van der Waals surface area contributed by atoms with E-state index in [1.165, 1.54) is 12.1 Å². The highest BCUT2D eigenvalue weighted by atomic mass is 32.2. The van der Waals surface area contributed by atoms with Crippen molar-refractivity contribution in [3.8, 4) is 0 Å². The molecule has 9 heteroatoms. The molecular formula is C17H21N5O3S. The molecule has 1 aliphatic heterocycles. The summed E-state index contributed by atoms with van der Waals surface area (Å²) in [6, 6.07) is 7.92. The third kappa shape index (κ3) is 4.55. The lowest BCUT2D eigenvalue weighted by Gasteiger charge is -2.31. The molecule has 1 fully saturated rings. The van der Waals surface area contributed by atoms with Crippen LogP contribution in [0.2, 0.25) is 0 Å². The summed E-state index contributed by atoms with van der Waals surface area (Å²) in [5, 5.41) is 7.99. The first-order valence-corrected chi connectivity index (χ1v) is 9.89. The number of aromatic nitrogens is 2. The normalized spacial score (nSPS) is 17.7. The number of carbonyl (C=O) groups excluding carboxylic acids is 1. The smallest absolute Gasteiger partial charge is 0.238 e. The Morgan fingerprint density at radius 2 is 1.92 bits per heavy atom. The molecule has 1 aromatic carbocycles. The zero-order valence-electron chi connectivity index (χ0n) is 14.2. The van der Waals surface area contributed by atoms with E-state index in [0.717, 1.165) is 24.9 Å². The number of sulfonamides is 1. The number of carbonyl (C=O) groups is 1. The Kier molecular flexibility index (Phi) is 5.48. The summed E-state index contributed by atoms with van der Waals surface area (Å²) in [7, 11) is -3.71. The minimum absolute atomic E-state index is 0.0267. The fourth-order valence-electron chi connectivity index (χ4n) is 2.96.